The lowest BCUT2D eigenvalue weighted by Crippen LogP contribution is -2.34. The van der Waals surface area contributed by atoms with Gasteiger partial charge in [-0.25, -0.2) is 4.98 Å². The van der Waals surface area contributed by atoms with E-state index in [0.29, 0.717) is 5.92 Å². The smallest absolute Gasteiger partial charge is 0.112 e. The van der Waals surface area contributed by atoms with Crippen molar-refractivity contribution in [2.24, 2.45) is 7.05 Å². The van der Waals surface area contributed by atoms with Gasteiger partial charge in [-0.15, -0.1) is 0 Å². The number of para-hydroxylation sites is 2. The van der Waals surface area contributed by atoms with Crippen molar-refractivity contribution in [1.82, 2.24) is 14.5 Å². The Balaban J connectivity index is 1.80. The van der Waals surface area contributed by atoms with Crippen molar-refractivity contribution in [2.75, 3.05) is 19.6 Å². The largest absolute Gasteiger partial charge is 0.331 e. The van der Waals surface area contributed by atoms with Crippen molar-refractivity contribution >= 4 is 11.0 Å². The standard InChI is InChI=1S/C16H23N3/c1-3-10-19-11-8-13(9-12-19)16-17-14-6-4-5-7-15(14)18(16)2/h4-7,13H,3,8-12H2,1-2H3. The molecule has 0 bridgehead atoms. The van der Waals surface area contributed by atoms with Crippen molar-refractivity contribution in [3.8, 4) is 0 Å². The third-order valence-corrected chi connectivity index (χ3v) is 4.31. The summed E-state index contributed by atoms with van der Waals surface area (Å²) < 4.78 is 2.29. The molecule has 0 atom stereocenters. The van der Waals surface area contributed by atoms with E-state index in [9.17, 15) is 0 Å². The van der Waals surface area contributed by atoms with Crippen LogP contribution in [0, 0.1) is 0 Å². The molecule has 1 aliphatic heterocycles. The van der Waals surface area contributed by atoms with Gasteiger partial charge in [-0.1, -0.05) is 19.1 Å². The lowest BCUT2D eigenvalue weighted by Gasteiger charge is -2.31. The molecule has 0 saturated carbocycles. The number of imidazole rings is 1. The molecule has 1 aliphatic rings. The maximum absolute atomic E-state index is 4.85. The number of rotatable bonds is 3. The van der Waals surface area contributed by atoms with E-state index in [-0.39, 0.29) is 0 Å². The number of aromatic nitrogens is 2. The number of fused-ring (bicyclic) bond motifs is 1. The number of aryl methyl sites for hydroxylation is 1. The normalized spacial score (nSPS) is 18.2. The summed E-state index contributed by atoms with van der Waals surface area (Å²) in [7, 11) is 2.16. The quantitative estimate of drug-likeness (QED) is 0.842. The van der Waals surface area contributed by atoms with Crippen LogP contribution in [0.1, 0.15) is 37.9 Å². The lowest BCUT2D eigenvalue weighted by molar-refractivity contribution is 0.209. The van der Waals surface area contributed by atoms with Gasteiger partial charge in [-0.3, -0.25) is 0 Å². The van der Waals surface area contributed by atoms with Crippen LogP contribution in [0.4, 0.5) is 0 Å². The summed E-state index contributed by atoms with van der Waals surface area (Å²) in [4.78, 5) is 7.43. The fourth-order valence-electron chi connectivity index (χ4n) is 3.26. The molecule has 102 valence electrons. The summed E-state index contributed by atoms with van der Waals surface area (Å²) in [5, 5.41) is 0. The highest BCUT2D eigenvalue weighted by Gasteiger charge is 2.23. The molecule has 1 aromatic heterocycles. The molecule has 3 nitrogen and oxygen atoms in total. The van der Waals surface area contributed by atoms with Crippen LogP contribution >= 0.6 is 0 Å². The van der Waals surface area contributed by atoms with Crippen LogP contribution in [0.2, 0.25) is 0 Å². The van der Waals surface area contributed by atoms with E-state index in [1.165, 1.54) is 50.2 Å². The Morgan fingerprint density at radius 3 is 2.63 bits per heavy atom. The number of hydrogen-bond donors (Lipinski definition) is 0. The van der Waals surface area contributed by atoms with Crippen LogP contribution in [0.25, 0.3) is 11.0 Å². The Bertz CT molecular complexity index is 550. The van der Waals surface area contributed by atoms with Crippen molar-refractivity contribution in [2.45, 2.75) is 32.1 Å². The highest BCUT2D eigenvalue weighted by Crippen LogP contribution is 2.29. The van der Waals surface area contributed by atoms with Crippen LogP contribution in [0.3, 0.4) is 0 Å². The molecule has 0 amide bonds. The highest BCUT2D eigenvalue weighted by atomic mass is 15.1. The van der Waals surface area contributed by atoms with Gasteiger partial charge in [0.2, 0.25) is 0 Å². The van der Waals surface area contributed by atoms with Gasteiger partial charge in [0.15, 0.2) is 0 Å². The monoisotopic (exact) mass is 257 g/mol. The summed E-state index contributed by atoms with van der Waals surface area (Å²) >= 11 is 0. The minimum Gasteiger partial charge on any atom is -0.331 e. The summed E-state index contributed by atoms with van der Waals surface area (Å²) in [5.41, 5.74) is 2.39. The minimum atomic E-state index is 0.630. The number of nitrogens with zero attached hydrogens (tertiary/aromatic N) is 3. The maximum atomic E-state index is 4.85. The molecule has 0 N–H and O–H groups in total. The Morgan fingerprint density at radius 2 is 1.95 bits per heavy atom. The molecule has 0 radical (unpaired) electrons. The lowest BCUT2D eigenvalue weighted by atomic mass is 9.96. The molecule has 2 heterocycles. The van der Waals surface area contributed by atoms with Gasteiger partial charge in [-0.05, 0) is 51.0 Å². The molecule has 0 aliphatic carbocycles. The Morgan fingerprint density at radius 1 is 1.21 bits per heavy atom. The van der Waals surface area contributed by atoms with Crippen LogP contribution in [0.5, 0.6) is 0 Å². The molecule has 19 heavy (non-hydrogen) atoms. The first-order valence-corrected chi connectivity index (χ1v) is 7.43. The predicted molar refractivity (Wildman–Crippen MR) is 79.4 cm³/mol. The van der Waals surface area contributed by atoms with Crippen molar-refractivity contribution in [3.05, 3.63) is 30.1 Å². The number of hydrogen-bond acceptors (Lipinski definition) is 2. The zero-order valence-electron chi connectivity index (χ0n) is 12.0. The van der Waals surface area contributed by atoms with Gasteiger partial charge in [0, 0.05) is 13.0 Å². The zero-order valence-corrected chi connectivity index (χ0v) is 12.0. The van der Waals surface area contributed by atoms with Crippen molar-refractivity contribution < 1.29 is 0 Å². The van der Waals surface area contributed by atoms with Crippen LogP contribution in [0.15, 0.2) is 24.3 Å². The average molecular weight is 257 g/mol. The zero-order chi connectivity index (χ0) is 13.2. The molecule has 3 heteroatoms. The molecule has 1 aromatic carbocycles. The van der Waals surface area contributed by atoms with Crippen molar-refractivity contribution in [1.29, 1.82) is 0 Å². The van der Waals surface area contributed by atoms with E-state index >= 15 is 0 Å². The highest BCUT2D eigenvalue weighted by molar-refractivity contribution is 5.75. The van der Waals surface area contributed by atoms with Crippen LogP contribution < -0.4 is 0 Å². The number of likely N-dealkylation sites (tertiary alicyclic amines) is 1. The first-order valence-electron chi connectivity index (χ1n) is 7.43. The second-order valence-corrected chi connectivity index (χ2v) is 5.63. The van der Waals surface area contributed by atoms with E-state index in [1.54, 1.807) is 0 Å². The van der Waals surface area contributed by atoms with Crippen LogP contribution in [-0.2, 0) is 7.05 Å². The van der Waals surface area contributed by atoms with Gasteiger partial charge in [0.1, 0.15) is 5.82 Å². The fraction of sp³-hybridized carbons (Fsp3) is 0.562. The first-order chi connectivity index (χ1) is 9.29. The number of piperidine rings is 1. The predicted octanol–water partition coefficient (Wildman–Crippen LogP) is 3.16. The van der Waals surface area contributed by atoms with Gasteiger partial charge < -0.3 is 9.47 Å². The summed E-state index contributed by atoms with van der Waals surface area (Å²) in [6.07, 6.45) is 3.76. The van der Waals surface area contributed by atoms with E-state index in [1.807, 2.05) is 0 Å². The summed E-state index contributed by atoms with van der Waals surface area (Å²) in [6.45, 7) is 5.95. The van der Waals surface area contributed by atoms with E-state index < -0.39 is 0 Å². The summed E-state index contributed by atoms with van der Waals surface area (Å²) in [6, 6.07) is 8.45. The van der Waals surface area contributed by atoms with Gasteiger partial charge >= 0.3 is 0 Å². The SMILES string of the molecule is CCCN1CCC(c2nc3ccccc3n2C)CC1. The van der Waals surface area contributed by atoms with Crippen molar-refractivity contribution in [3.63, 3.8) is 0 Å². The molecular formula is C16H23N3. The third-order valence-electron chi connectivity index (χ3n) is 4.31. The van der Waals surface area contributed by atoms with E-state index in [0.717, 1.165) is 5.52 Å². The maximum Gasteiger partial charge on any atom is 0.112 e. The third kappa shape index (κ3) is 2.39. The van der Waals surface area contributed by atoms with Gasteiger partial charge in [0.25, 0.3) is 0 Å². The first kappa shape index (κ1) is 12.7. The second-order valence-electron chi connectivity index (χ2n) is 5.63. The average Bonchev–Trinajstić information content (AvgIpc) is 2.78. The topological polar surface area (TPSA) is 21.1 Å². The Kier molecular flexibility index (Phi) is 3.56. The molecule has 0 unspecified atom stereocenters. The molecule has 2 aromatic rings. The molecular weight excluding hydrogens is 234 g/mol. The van der Waals surface area contributed by atoms with Gasteiger partial charge in [-0.2, -0.15) is 0 Å². The minimum absolute atomic E-state index is 0.630. The van der Waals surface area contributed by atoms with E-state index in [2.05, 4.69) is 47.7 Å². The fourth-order valence-corrected chi connectivity index (χ4v) is 3.26. The molecule has 3 rings (SSSR count). The van der Waals surface area contributed by atoms with Gasteiger partial charge in [0.05, 0.1) is 11.0 Å². The Hall–Kier alpha value is -1.35. The second kappa shape index (κ2) is 5.33. The summed E-state index contributed by atoms with van der Waals surface area (Å²) in [5.74, 6) is 1.91. The Labute approximate surface area is 115 Å². The van der Waals surface area contributed by atoms with Crippen LogP contribution in [-0.4, -0.2) is 34.1 Å². The van der Waals surface area contributed by atoms with E-state index in [4.69, 9.17) is 4.98 Å². The number of benzene rings is 1. The molecule has 1 saturated heterocycles. The molecule has 0 spiro atoms. The molecule has 1 fully saturated rings.